The molecule has 5 N–H and O–H groups in total. The van der Waals surface area contributed by atoms with Crippen molar-refractivity contribution >= 4 is 90.6 Å². The fourth-order valence-corrected chi connectivity index (χ4v) is 9.18. The van der Waals surface area contributed by atoms with E-state index in [9.17, 15) is 29.5 Å². The van der Waals surface area contributed by atoms with Gasteiger partial charge in [0, 0.05) is 46.1 Å². The van der Waals surface area contributed by atoms with Crippen molar-refractivity contribution in [3.05, 3.63) is 68.3 Å². The standard InChI is InChI=1S/C28H26N6O6S4/c29-28-30-17(13-43-28)21(32-40)24(36)31-22-25(37)34-23(27(38)39)14(12-42-26(22)34)6-9-41-20-11-18(35)16-5-4-15(10-19(16)44-20)33-7-2-1-3-8-33/h4-6,9-11,13,22,26,40H,1-3,7-8,12H2,(H2,29,30)(H,31,36)(H,38,39)/b9-6+,32-21+/t22?,26-/m1/s1. The highest BCUT2D eigenvalue weighted by atomic mass is 32.2. The lowest BCUT2D eigenvalue weighted by molar-refractivity contribution is -0.150. The summed E-state index contributed by atoms with van der Waals surface area (Å²) in [6.07, 6.45) is 5.19. The maximum Gasteiger partial charge on any atom is 0.352 e. The Bertz CT molecular complexity index is 1810. The van der Waals surface area contributed by atoms with E-state index in [-0.39, 0.29) is 27.7 Å². The fraction of sp³-hybridized carbons (Fsp3) is 0.286. The monoisotopic (exact) mass is 670 g/mol. The first-order valence-electron chi connectivity index (χ1n) is 13.6. The Morgan fingerprint density at radius 1 is 1.18 bits per heavy atom. The largest absolute Gasteiger partial charge is 0.477 e. The number of nitrogens with two attached hydrogens (primary N) is 1. The highest BCUT2D eigenvalue weighted by Gasteiger charge is 2.54. The third-order valence-corrected chi connectivity index (χ3v) is 11.4. The van der Waals surface area contributed by atoms with E-state index < -0.39 is 34.9 Å². The quantitative estimate of drug-likeness (QED) is 0.0906. The van der Waals surface area contributed by atoms with Crippen molar-refractivity contribution < 1.29 is 24.7 Å². The first-order chi connectivity index (χ1) is 21.2. The van der Waals surface area contributed by atoms with Crippen LogP contribution in [0.25, 0.3) is 10.1 Å². The van der Waals surface area contributed by atoms with Gasteiger partial charge < -0.3 is 26.3 Å². The minimum atomic E-state index is -1.27. The predicted octanol–water partition coefficient (Wildman–Crippen LogP) is 3.51. The third kappa shape index (κ3) is 5.81. The summed E-state index contributed by atoms with van der Waals surface area (Å²) in [6, 6.07) is 6.52. The molecule has 2 fully saturated rings. The second-order valence-corrected chi connectivity index (χ2v) is 14.4. The number of piperidine rings is 1. The Kier molecular flexibility index (Phi) is 8.66. The first kappa shape index (κ1) is 30.2. The molecule has 2 atom stereocenters. The third-order valence-electron chi connectivity index (χ3n) is 7.43. The zero-order valence-electron chi connectivity index (χ0n) is 23.0. The van der Waals surface area contributed by atoms with Gasteiger partial charge in [-0.1, -0.05) is 16.9 Å². The number of nitrogens with one attached hydrogen (secondary N) is 1. The number of aromatic nitrogens is 1. The summed E-state index contributed by atoms with van der Waals surface area (Å²) in [5.41, 5.74) is 6.55. The van der Waals surface area contributed by atoms with Gasteiger partial charge in [0.25, 0.3) is 11.8 Å². The Labute approximate surface area is 267 Å². The summed E-state index contributed by atoms with van der Waals surface area (Å²) >= 11 is 5.17. The highest BCUT2D eigenvalue weighted by molar-refractivity contribution is 8.04. The SMILES string of the molecule is Nc1nc(/C(=N\O)C(=O)NC2C(=O)N3C(C(=O)O)=C(/C=C/Sc4cc(=O)c5ccc(N6CCCCC6)cc5s4)CS[C@H]23)cs1. The Hall–Kier alpha value is -3.86. The smallest absolute Gasteiger partial charge is 0.352 e. The number of allylic oxidation sites excluding steroid dienone is 1. The molecule has 44 heavy (non-hydrogen) atoms. The number of rotatable bonds is 8. The lowest BCUT2D eigenvalue weighted by Crippen LogP contribution is -2.71. The molecule has 0 radical (unpaired) electrons. The van der Waals surface area contributed by atoms with E-state index in [4.69, 9.17) is 5.73 Å². The molecule has 3 aromatic rings. The predicted molar refractivity (Wildman–Crippen MR) is 174 cm³/mol. The molecule has 5 heterocycles. The van der Waals surface area contributed by atoms with Gasteiger partial charge in [-0.15, -0.1) is 34.4 Å². The summed E-state index contributed by atoms with van der Waals surface area (Å²) in [5.74, 6) is -2.43. The van der Waals surface area contributed by atoms with Crippen molar-refractivity contribution in [2.75, 3.05) is 29.5 Å². The van der Waals surface area contributed by atoms with Crippen molar-refractivity contribution in [2.45, 2.75) is 34.9 Å². The van der Waals surface area contributed by atoms with Crippen molar-refractivity contribution in [3.63, 3.8) is 0 Å². The molecule has 2 aromatic heterocycles. The summed E-state index contributed by atoms with van der Waals surface area (Å²) in [7, 11) is 0. The second kappa shape index (κ2) is 12.6. The molecule has 3 aliphatic rings. The van der Waals surface area contributed by atoms with Crippen LogP contribution >= 0.6 is 46.2 Å². The molecular formula is C28H26N6O6S4. The van der Waals surface area contributed by atoms with E-state index in [1.165, 1.54) is 46.7 Å². The molecule has 3 aliphatic heterocycles. The normalized spacial score (nSPS) is 20.6. The number of thiazole rings is 1. The van der Waals surface area contributed by atoms with Crippen LogP contribution in [0.3, 0.4) is 0 Å². The van der Waals surface area contributed by atoms with Crippen molar-refractivity contribution in [3.8, 4) is 0 Å². The lowest BCUT2D eigenvalue weighted by atomic mass is 10.0. The van der Waals surface area contributed by atoms with Crippen molar-refractivity contribution in [1.29, 1.82) is 0 Å². The lowest BCUT2D eigenvalue weighted by Gasteiger charge is -2.49. The number of thioether (sulfide) groups is 2. The number of nitrogen functional groups attached to an aromatic ring is 1. The summed E-state index contributed by atoms with van der Waals surface area (Å²) < 4.78 is 1.66. The maximum absolute atomic E-state index is 13.0. The molecule has 6 rings (SSSR count). The van der Waals surface area contributed by atoms with Crippen molar-refractivity contribution in [1.82, 2.24) is 15.2 Å². The molecular weight excluding hydrogens is 645 g/mol. The molecule has 0 aliphatic carbocycles. The summed E-state index contributed by atoms with van der Waals surface area (Å²) in [5, 5.41) is 28.2. The Morgan fingerprint density at radius 2 is 1.98 bits per heavy atom. The number of β-lactam (4-membered cyclic amide) rings is 1. The van der Waals surface area contributed by atoms with E-state index >= 15 is 0 Å². The zero-order valence-corrected chi connectivity index (χ0v) is 26.2. The van der Waals surface area contributed by atoms with Crippen LogP contribution in [0.4, 0.5) is 10.8 Å². The number of benzene rings is 1. The number of fused-ring (bicyclic) bond motifs is 2. The van der Waals surface area contributed by atoms with Gasteiger partial charge in [-0.05, 0) is 54.5 Å². The molecule has 0 spiro atoms. The minimum Gasteiger partial charge on any atom is -0.477 e. The van der Waals surface area contributed by atoms with E-state index in [1.807, 2.05) is 12.1 Å². The number of oxime groups is 1. The van der Waals surface area contributed by atoms with Gasteiger partial charge in [-0.25, -0.2) is 9.78 Å². The number of carbonyl (C=O) groups excluding carboxylic acids is 2. The van der Waals surface area contributed by atoms with Crippen molar-refractivity contribution in [2.24, 2.45) is 5.16 Å². The Morgan fingerprint density at radius 3 is 2.68 bits per heavy atom. The number of anilines is 2. The number of hydrogen-bond acceptors (Lipinski definition) is 13. The number of amides is 2. The number of aliphatic carboxylic acids is 1. The number of nitrogens with zero attached hydrogens (tertiary/aromatic N) is 4. The van der Waals surface area contributed by atoms with Crippen LogP contribution < -0.4 is 21.4 Å². The fourth-order valence-electron chi connectivity index (χ4n) is 5.30. The van der Waals surface area contributed by atoms with Crippen LogP contribution in [0.2, 0.25) is 0 Å². The first-order valence-corrected chi connectivity index (χ1v) is 17.2. The zero-order chi connectivity index (χ0) is 31.0. The van der Waals surface area contributed by atoms with Gasteiger partial charge in [0.1, 0.15) is 22.8 Å². The summed E-state index contributed by atoms with van der Waals surface area (Å²) in [6.45, 7) is 2.01. The van der Waals surface area contributed by atoms with Crippen LogP contribution in [0.1, 0.15) is 25.0 Å². The van der Waals surface area contributed by atoms with Gasteiger partial charge in [-0.2, -0.15) is 0 Å². The molecule has 1 unspecified atom stereocenters. The molecule has 2 amide bonds. The molecule has 228 valence electrons. The molecule has 0 bridgehead atoms. The van der Waals surface area contributed by atoms with E-state index in [2.05, 4.69) is 26.4 Å². The number of carboxylic acid groups (broad SMARTS) is 1. The van der Waals surface area contributed by atoms with Crippen LogP contribution in [-0.2, 0) is 14.4 Å². The number of carboxylic acids is 1. The van der Waals surface area contributed by atoms with Crippen LogP contribution in [-0.4, -0.2) is 74.0 Å². The van der Waals surface area contributed by atoms with Crippen LogP contribution in [0.15, 0.2) is 66.6 Å². The molecule has 0 saturated carbocycles. The Balaban J connectivity index is 1.17. The van der Waals surface area contributed by atoms with E-state index in [1.54, 1.807) is 17.6 Å². The molecule has 12 nitrogen and oxygen atoms in total. The van der Waals surface area contributed by atoms with Gasteiger partial charge >= 0.3 is 5.97 Å². The van der Waals surface area contributed by atoms with Gasteiger partial charge in [0.2, 0.25) is 0 Å². The summed E-state index contributed by atoms with van der Waals surface area (Å²) in [4.78, 5) is 58.3. The average Bonchev–Trinajstić information content (AvgIpc) is 3.45. The van der Waals surface area contributed by atoms with E-state index in [0.29, 0.717) is 11.0 Å². The highest BCUT2D eigenvalue weighted by Crippen LogP contribution is 2.41. The maximum atomic E-state index is 13.0. The second-order valence-electron chi connectivity index (χ2n) is 10.1. The minimum absolute atomic E-state index is 0.0577. The number of carbonyl (C=O) groups is 3. The number of hydrogen-bond donors (Lipinski definition) is 4. The average molecular weight is 671 g/mol. The van der Waals surface area contributed by atoms with Crippen LogP contribution in [0.5, 0.6) is 0 Å². The van der Waals surface area contributed by atoms with Gasteiger partial charge in [-0.3, -0.25) is 19.3 Å². The van der Waals surface area contributed by atoms with E-state index in [0.717, 1.165) is 56.8 Å². The van der Waals surface area contributed by atoms with Gasteiger partial charge in [0.15, 0.2) is 16.3 Å². The molecule has 16 heteroatoms. The molecule has 2 saturated heterocycles. The molecule has 1 aromatic carbocycles. The van der Waals surface area contributed by atoms with Gasteiger partial charge in [0.05, 0.1) is 4.21 Å². The topological polar surface area (TPSA) is 179 Å². The van der Waals surface area contributed by atoms with Crippen LogP contribution in [0, 0.1) is 0 Å².